The monoisotopic (exact) mass is 269 g/mol. The van der Waals surface area contributed by atoms with Gasteiger partial charge in [-0.2, -0.15) is 10.2 Å². The van der Waals surface area contributed by atoms with Crippen LogP contribution in [0.4, 0.5) is 11.4 Å². The second-order valence-electron chi connectivity index (χ2n) is 4.32. The molecule has 0 saturated carbocycles. The summed E-state index contributed by atoms with van der Waals surface area (Å²) in [7, 11) is 0. The molecule has 0 fully saturated rings. The normalized spacial score (nSPS) is 10.8. The van der Waals surface area contributed by atoms with Gasteiger partial charge in [-0.15, -0.1) is 0 Å². The second kappa shape index (κ2) is 6.47. The predicted octanol–water partition coefficient (Wildman–Crippen LogP) is 3.29. The highest BCUT2D eigenvalue weighted by Gasteiger charge is 2.02. The van der Waals surface area contributed by atoms with Gasteiger partial charge in [-0.25, -0.2) is 4.79 Å². The standard InChI is InChI=1S/C15H15N3O2/c16-13-5-2-6-14(10-13)18-17-8-7-11-3-1-4-12(9-11)15(19)20/h1-6,9-10H,7-8,16H2,(H,19,20)/b18-17+. The average molecular weight is 269 g/mol. The molecule has 0 amide bonds. The van der Waals surface area contributed by atoms with E-state index in [2.05, 4.69) is 10.2 Å². The maximum Gasteiger partial charge on any atom is 0.335 e. The fourth-order valence-corrected chi connectivity index (χ4v) is 1.76. The molecule has 3 N–H and O–H groups in total. The molecule has 0 spiro atoms. The summed E-state index contributed by atoms with van der Waals surface area (Å²) in [5.41, 5.74) is 8.22. The molecule has 20 heavy (non-hydrogen) atoms. The first-order valence-electron chi connectivity index (χ1n) is 6.20. The number of aromatic carboxylic acids is 1. The number of rotatable bonds is 5. The van der Waals surface area contributed by atoms with Gasteiger partial charge in [-0.3, -0.25) is 0 Å². The van der Waals surface area contributed by atoms with E-state index in [1.54, 1.807) is 30.3 Å². The third-order valence-electron chi connectivity index (χ3n) is 2.73. The molecule has 2 rings (SSSR count). The highest BCUT2D eigenvalue weighted by atomic mass is 16.4. The lowest BCUT2D eigenvalue weighted by Gasteiger charge is -2.00. The van der Waals surface area contributed by atoms with Gasteiger partial charge in [0.2, 0.25) is 0 Å². The third-order valence-corrected chi connectivity index (χ3v) is 2.73. The van der Waals surface area contributed by atoms with Gasteiger partial charge >= 0.3 is 5.97 Å². The van der Waals surface area contributed by atoms with Crippen molar-refractivity contribution in [3.63, 3.8) is 0 Å². The third kappa shape index (κ3) is 3.91. The van der Waals surface area contributed by atoms with E-state index < -0.39 is 5.97 Å². The van der Waals surface area contributed by atoms with E-state index in [4.69, 9.17) is 10.8 Å². The van der Waals surface area contributed by atoms with E-state index in [1.165, 1.54) is 0 Å². The molecule has 0 aromatic heterocycles. The Morgan fingerprint density at radius 1 is 1.15 bits per heavy atom. The van der Waals surface area contributed by atoms with Crippen LogP contribution in [0.1, 0.15) is 15.9 Å². The average Bonchev–Trinajstić information content (AvgIpc) is 2.44. The number of carbonyl (C=O) groups is 1. The van der Waals surface area contributed by atoms with Gasteiger partial charge in [0.05, 0.1) is 17.8 Å². The number of carboxylic acid groups (broad SMARTS) is 1. The zero-order valence-corrected chi connectivity index (χ0v) is 10.9. The molecular formula is C15H15N3O2. The van der Waals surface area contributed by atoms with E-state index in [9.17, 15) is 4.79 Å². The Kier molecular flexibility index (Phi) is 4.44. The first-order chi connectivity index (χ1) is 9.65. The zero-order valence-electron chi connectivity index (χ0n) is 10.9. The maximum atomic E-state index is 10.8. The minimum absolute atomic E-state index is 0.287. The zero-order chi connectivity index (χ0) is 14.4. The first kappa shape index (κ1) is 13.7. The van der Waals surface area contributed by atoms with Crippen LogP contribution in [0, 0.1) is 0 Å². The molecule has 2 aromatic rings. The van der Waals surface area contributed by atoms with Gasteiger partial charge in [0.25, 0.3) is 0 Å². The predicted molar refractivity (Wildman–Crippen MR) is 77.3 cm³/mol. The van der Waals surface area contributed by atoms with Crippen LogP contribution in [-0.2, 0) is 6.42 Å². The molecule has 0 radical (unpaired) electrons. The number of nitrogens with zero attached hydrogens (tertiary/aromatic N) is 2. The van der Waals surface area contributed by atoms with Crippen molar-refractivity contribution in [2.45, 2.75) is 6.42 Å². The van der Waals surface area contributed by atoms with Crippen LogP contribution in [0.2, 0.25) is 0 Å². The molecule has 102 valence electrons. The van der Waals surface area contributed by atoms with Crippen LogP contribution in [0.15, 0.2) is 58.8 Å². The van der Waals surface area contributed by atoms with E-state index in [1.807, 2.05) is 18.2 Å². The molecule has 5 heteroatoms. The van der Waals surface area contributed by atoms with E-state index in [-0.39, 0.29) is 5.56 Å². The Morgan fingerprint density at radius 2 is 1.95 bits per heavy atom. The van der Waals surface area contributed by atoms with E-state index in [0.29, 0.717) is 24.3 Å². The number of anilines is 1. The Bertz CT molecular complexity index is 639. The smallest absolute Gasteiger partial charge is 0.335 e. The molecule has 0 saturated heterocycles. The van der Waals surface area contributed by atoms with Crippen molar-refractivity contribution in [2.75, 3.05) is 12.3 Å². The fourth-order valence-electron chi connectivity index (χ4n) is 1.76. The summed E-state index contributed by atoms with van der Waals surface area (Å²) >= 11 is 0. The largest absolute Gasteiger partial charge is 0.478 e. The van der Waals surface area contributed by atoms with Crippen molar-refractivity contribution in [1.82, 2.24) is 0 Å². The minimum Gasteiger partial charge on any atom is -0.478 e. The summed E-state index contributed by atoms with van der Waals surface area (Å²) in [5.74, 6) is -0.923. The number of azo groups is 1. The van der Waals surface area contributed by atoms with Gasteiger partial charge in [0.1, 0.15) is 0 Å². The van der Waals surface area contributed by atoms with Crippen LogP contribution in [0.5, 0.6) is 0 Å². The number of nitrogens with two attached hydrogens (primary N) is 1. The van der Waals surface area contributed by atoms with Crippen molar-refractivity contribution in [1.29, 1.82) is 0 Å². The van der Waals surface area contributed by atoms with Crippen molar-refractivity contribution >= 4 is 17.3 Å². The van der Waals surface area contributed by atoms with Gasteiger partial charge < -0.3 is 10.8 Å². The lowest BCUT2D eigenvalue weighted by atomic mass is 10.1. The van der Waals surface area contributed by atoms with Crippen molar-refractivity contribution < 1.29 is 9.90 Å². The Hall–Kier alpha value is -2.69. The molecule has 0 aliphatic heterocycles. The maximum absolute atomic E-state index is 10.8. The van der Waals surface area contributed by atoms with Gasteiger partial charge in [0.15, 0.2) is 0 Å². The van der Waals surface area contributed by atoms with E-state index >= 15 is 0 Å². The number of hydrogen-bond donors (Lipinski definition) is 2. The molecule has 0 aliphatic rings. The van der Waals surface area contributed by atoms with Crippen molar-refractivity contribution in [2.24, 2.45) is 10.2 Å². The molecule has 0 heterocycles. The first-order valence-corrected chi connectivity index (χ1v) is 6.20. The Balaban J connectivity index is 1.93. The minimum atomic E-state index is -0.923. The van der Waals surface area contributed by atoms with E-state index in [0.717, 1.165) is 5.56 Å². The SMILES string of the molecule is Nc1cccc(/N=N/CCc2cccc(C(=O)O)c2)c1. The van der Waals surface area contributed by atoms with Gasteiger partial charge in [-0.1, -0.05) is 18.2 Å². The lowest BCUT2D eigenvalue weighted by Crippen LogP contribution is -1.98. The molecule has 0 aliphatic carbocycles. The summed E-state index contributed by atoms with van der Waals surface area (Å²) in [5, 5.41) is 17.0. The Morgan fingerprint density at radius 3 is 2.70 bits per heavy atom. The van der Waals surface area contributed by atoms with Crippen LogP contribution >= 0.6 is 0 Å². The fraction of sp³-hybridized carbons (Fsp3) is 0.133. The van der Waals surface area contributed by atoms with Crippen molar-refractivity contribution in [3.8, 4) is 0 Å². The number of carboxylic acids is 1. The quantitative estimate of drug-likeness (QED) is 0.644. The molecule has 5 nitrogen and oxygen atoms in total. The summed E-state index contributed by atoms with van der Waals surface area (Å²) in [4.78, 5) is 10.8. The summed E-state index contributed by atoms with van der Waals surface area (Å²) in [6.07, 6.45) is 0.646. The number of nitrogen functional groups attached to an aromatic ring is 1. The van der Waals surface area contributed by atoms with Crippen LogP contribution in [-0.4, -0.2) is 17.6 Å². The highest BCUT2D eigenvalue weighted by molar-refractivity contribution is 5.87. The van der Waals surface area contributed by atoms with Crippen LogP contribution in [0.3, 0.4) is 0 Å². The topological polar surface area (TPSA) is 88.0 Å². The molecular weight excluding hydrogens is 254 g/mol. The summed E-state index contributed by atoms with van der Waals surface area (Å²) < 4.78 is 0. The number of hydrogen-bond acceptors (Lipinski definition) is 4. The second-order valence-corrected chi connectivity index (χ2v) is 4.32. The van der Waals surface area contributed by atoms with Crippen molar-refractivity contribution in [3.05, 3.63) is 59.7 Å². The molecule has 0 unspecified atom stereocenters. The molecule has 2 aromatic carbocycles. The summed E-state index contributed by atoms with van der Waals surface area (Å²) in [6, 6.07) is 14.0. The molecule has 0 bridgehead atoms. The lowest BCUT2D eigenvalue weighted by molar-refractivity contribution is 0.0697. The van der Waals surface area contributed by atoms with Gasteiger partial charge in [-0.05, 0) is 42.3 Å². The van der Waals surface area contributed by atoms with Crippen LogP contribution in [0.25, 0.3) is 0 Å². The molecule has 0 atom stereocenters. The van der Waals surface area contributed by atoms with Gasteiger partial charge in [0, 0.05) is 5.69 Å². The Labute approximate surface area is 116 Å². The summed E-state index contributed by atoms with van der Waals surface area (Å²) in [6.45, 7) is 0.498. The number of benzene rings is 2. The van der Waals surface area contributed by atoms with Crippen LogP contribution < -0.4 is 5.73 Å². The highest BCUT2D eigenvalue weighted by Crippen LogP contribution is 2.15.